The van der Waals surface area contributed by atoms with Crippen LogP contribution in [0.15, 0.2) is 48.5 Å². The first-order chi connectivity index (χ1) is 14.1. The molecule has 2 fully saturated rings. The van der Waals surface area contributed by atoms with Crippen LogP contribution in [0.4, 0.5) is 0 Å². The molecule has 0 radical (unpaired) electrons. The zero-order chi connectivity index (χ0) is 20.1. The molecule has 2 aliphatic rings. The van der Waals surface area contributed by atoms with Crippen molar-refractivity contribution in [3.05, 3.63) is 59.7 Å². The minimum absolute atomic E-state index is 0.384. The number of para-hydroxylation sites is 2. The van der Waals surface area contributed by atoms with E-state index >= 15 is 0 Å². The van der Waals surface area contributed by atoms with Crippen molar-refractivity contribution in [2.75, 3.05) is 0 Å². The molecule has 2 aromatic carbocycles. The Morgan fingerprint density at radius 1 is 0.655 bits per heavy atom. The van der Waals surface area contributed by atoms with Gasteiger partial charge in [-0.1, -0.05) is 74.9 Å². The molecule has 0 atom stereocenters. The maximum absolute atomic E-state index is 12.9. The summed E-state index contributed by atoms with van der Waals surface area (Å²) in [4.78, 5) is 10.6. The molecule has 0 aromatic heterocycles. The Bertz CT molecular complexity index is 786. The Labute approximate surface area is 173 Å². The second kappa shape index (κ2) is 9.36. The summed E-state index contributed by atoms with van der Waals surface area (Å²) in [5, 5.41) is 0. The summed E-state index contributed by atoms with van der Waals surface area (Å²) in [6, 6.07) is 15.2. The van der Waals surface area contributed by atoms with Crippen LogP contribution in [0, 0.1) is 0 Å². The predicted octanol–water partition coefficient (Wildman–Crippen LogP) is 7.34. The number of phosphoric ester groups is 1. The quantitative estimate of drug-likeness (QED) is 0.502. The van der Waals surface area contributed by atoms with Crippen molar-refractivity contribution in [3.8, 4) is 11.5 Å². The molecule has 2 aromatic rings. The van der Waals surface area contributed by atoms with Gasteiger partial charge in [0.05, 0.1) is 0 Å². The Balaban J connectivity index is 1.53. The average Bonchev–Trinajstić information content (AvgIpc) is 2.75. The van der Waals surface area contributed by atoms with E-state index in [0.717, 1.165) is 36.8 Å². The Kier molecular flexibility index (Phi) is 6.62. The fourth-order valence-corrected chi connectivity index (χ4v) is 5.76. The van der Waals surface area contributed by atoms with Gasteiger partial charge in [-0.25, -0.2) is 4.57 Å². The van der Waals surface area contributed by atoms with Gasteiger partial charge in [0, 0.05) is 0 Å². The fraction of sp³-hybridized carbons (Fsp3) is 0.500. The zero-order valence-corrected chi connectivity index (χ0v) is 17.9. The van der Waals surface area contributed by atoms with Crippen molar-refractivity contribution in [2.24, 2.45) is 0 Å². The fourth-order valence-electron chi connectivity index (χ4n) is 4.90. The second-order valence-corrected chi connectivity index (χ2v) is 9.70. The first kappa shape index (κ1) is 20.5. The minimum atomic E-state index is -4.29. The summed E-state index contributed by atoms with van der Waals surface area (Å²) in [6.45, 7) is 0. The lowest BCUT2D eigenvalue weighted by molar-refractivity contribution is 0.285. The number of phosphoric acid groups is 1. The highest BCUT2D eigenvalue weighted by molar-refractivity contribution is 7.48. The normalized spacial score (nSPS) is 19.1. The topological polar surface area (TPSA) is 55.8 Å². The SMILES string of the molecule is O=P(O)(Oc1ccccc1C1CCCCC1)Oc1ccccc1C1CCCCC1. The number of benzene rings is 2. The van der Waals surface area contributed by atoms with Crippen molar-refractivity contribution < 1.29 is 18.5 Å². The van der Waals surface area contributed by atoms with E-state index in [1.165, 1.54) is 38.5 Å². The summed E-state index contributed by atoms with van der Waals surface area (Å²) in [5.74, 6) is 1.71. The smallest absolute Gasteiger partial charge is 0.395 e. The third kappa shape index (κ3) is 5.24. The van der Waals surface area contributed by atoms with E-state index in [1.807, 2.05) is 36.4 Å². The molecule has 0 unspecified atom stereocenters. The Hall–Kier alpha value is -1.77. The van der Waals surface area contributed by atoms with E-state index in [1.54, 1.807) is 12.1 Å². The van der Waals surface area contributed by atoms with Gasteiger partial charge >= 0.3 is 7.82 Å². The zero-order valence-electron chi connectivity index (χ0n) is 17.0. The predicted molar refractivity (Wildman–Crippen MR) is 116 cm³/mol. The highest BCUT2D eigenvalue weighted by atomic mass is 31.2. The van der Waals surface area contributed by atoms with Gasteiger partial charge in [0.2, 0.25) is 0 Å². The van der Waals surface area contributed by atoms with Crippen LogP contribution in [0.3, 0.4) is 0 Å². The summed E-state index contributed by atoms with van der Waals surface area (Å²) in [5.41, 5.74) is 2.04. The lowest BCUT2D eigenvalue weighted by Gasteiger charge is -2.26. The van der Waals surface area contributed by atoms with E-state index in [-0.39, 0.29) is 0 Å². The van der Waals surface area contributed by atoms with Gasteiger partial charge in [-0.05, 0) is 60.8 Å². The van der Waals surface area contributed by atoms with E-state index in [0.29, 0.717) is 23.3 Å². The maximum Gasteiger partial charge on any atom is 0.584 e. The Morgan fingerprint density at radius 3 is 1.45 bits per heavy atom. The molecule has 0 aliphatic heterocycles. The molecular formula is C24H31O4P. The number of hydrogen-bond acceptors (Lipinski definition) is 3. The van der Waals surface area contributed by atoms with Gasteiger partial charge in [0.25, 0.3) is 0 Å². The minimum Gasteiger partial charge on any atom is -0.395 e. The summed E-state index contributed by atoms with van der Waals surface area (Å²) in [6.07, 6.45) is 11.7. The molecule has 5 heteroatoms. The Morgan fingerprint density at radius 2 is 1.03 bits per heavy atom. The third-order valence-corrected chi connectivity index (χ3v) is 7.21. The van der Waals surface area contributed by atoms with Crippen LogP contribution in [0.5, 0.6) is 11.5 Å². The van der Waals surface area contributed by atoms with E-state index in [9.17, 15) is 9.46 Å². The molecule has 0 heterocycles. The molecule has 0 bridgehead atoms. The van der Waals surface area contributed by atoms with Crippen LogP contribution >= 0.6 is 7.82 Å². The molecule has 156 valence electrons. The number of rotatable bonds is 6. The van der Waals surface area contributed by atoms with Crippen molar-refractivity contribution in [2.45, 2.75) is 76.0 Å². The number of hydrogen-bond donors (Lipinski definition) is 1. The summed E-state index contributed by atoms with van der Waals surface area (Å²) < 4.78 is 24.2. The van der Waals surface area contributed by atoms with Gasteiger partial charge < -0.3 is 9.05 Å². The molecule has 0 spiro atoms. The largest absolute Gasteiger partial charge is 0.584 e. The highest BCUT2D eigenvalue weighted by Crippen LogP contribution is 2.49. The van der Waals surface area contributed by atoms with Crippen LogP contribution in [0.25, 0.3) is 0 Å². The second-order valence-electron chi connectivity index (χ2n) is 8.40. The molecule has 1 N–H and O–H groups in total. The molecular weight excluding hydrogens is 383 g/mol. The van der Waals surface area contributed by atoms with E-state index < -0.39 is 7.82 Å². The van der Waals surface area contributed by atoms with Gasteiger partial charge in [-0.3, -0.25) is 4.89 Å². The average molecular weight is 414 g/mol. The van der Waals surface area contributed by atoms with Crippen molar-refractivity contribution in [1.29, 1.82) is 0 Å². The third-order valence-electron chi connectivity index (χ3n) is 6.36. The maximum atomic E-state index is 12.9. The molecule has 2 aliphatic carbocycles. The van der Waals surface area contributed by atoms with E-state index in [2.05, 4.69) is 0 Å². The molecule has 2 saturated carbocycles. The van der Waals surface area contributed by atoms with Crippen molar-refractivity contribution in [3.63, 3.8) is 0 Å². The van der Waals surface area contributed by atoms with Crippen molar-refractivity contribution in [1.82, 2.24) is 0 Å². The van der Waals surface area contributed by atoms with Crippen LogP contribution in [0.1, 0.15) is 87.2 Å². The van der Waals surface area contributed by atoms with Gasteiger partial charge in [0.1, 0.15) is 11.5 Å². The van der Waals surface area contributed by atoms with Crippen LogP contribution < -0.4 is 9.05 Å². The van der Waals surface area contributed by atoms with Crippen molar-refractivity contribution >= 4 is 7.82 Å². The monoisotopic (exact) mass is 414 g/mol. The first-order valence-corrected chi connectivity index (χ1v) is 12.5. The first-order valence-electron chi connectivity index (χ1n) is 11.0. The van der Waals surface area contributed by atoms with Crippen LogP contribution in [-0.4, -0.2) is 4.89 Å². The van der Waals surface area contributed by atoms with Gasteiger partial charge in [-0.2, -0.15) is 0 Å². The lowest BCUT2D eigenvalue weighted by atomic mass is 9.84. The van der Waals surface area contributed by atoms with Crippen LogP contribution in [-0.2, 0) is 4.57 Å². The molecule has 4 rings (SSSR count). The molecule has 4 nitrogen and oxygen atoms in total. The van der Waals surface area contributed by atoms with Gasteiger partial charge in [-0.15, -0.1) is 0 Å². The summed E-state index contributed by atoms with van der Waals surface area (Å²) >= 11 is 0. The standard InChI is InChI=1S/C24H31O4P/c25-29(26,27-23-17-9-7-15-21(23)19-11-3-1-4-12-19)28-24-18-10-8-16-22(24)20-13-5-2-6-14-20/h7-10,15-20H,1-6,11-14H2,(H,25,26). The molecule has 0 amide bonds. The van der Waals surface area contributed by atoms with Crippen LogP contribution in [0.2, 0.25) is 0 Å². The highest BCUT2D eigenvalue weighted by Gasteiger charge is 2.30. The summed E-state index contributed by atoms with van der Waals surface area (Å²) in [7, 11) is -4.29. The molecule has 29 heavy (non-hydrogen) atoms. The molecule has 0 saturated heterocycles. The van der Waals surface area contributed by atoms with E-state index in [4.69, 9.17) is 9.05 Å². The van der Waals surface area contributed by atoms with Gasteiger partial charge in [0.15, 0.2) is 0 Å². The lowest BCUT2D eigenvalue weighted by Crippen LogP contribution is -2.09.